The van der Waals surface area contributed by atoms with Crippen LogP contribution in [-0.2, 0) is 6.54 Å². The van der Waals surface area contributed by atoms with E-state index in [-0.39, 0.29) is 11.5 Å². The van der Waals surface area contributed by atoms with Crippen LogP contribution in [-0.4, -0.2) is 10.9 Å². The summed E-state index contributed by atoms with van der Waals surface area (Å²) in [7, 11) is 0. The molecule has 0 saturated heterocycles. The molecule has 3 aromatic rings. The molecule has 0 bridgehead atoms. The fraction of sp³-hybridized carbons (Fsp3) is 0.350. The summed E-state index contributed by atoms with van der Waals surface area (Å²) in [4.78, 5) is 29.2. The molecule has 136 valence electrons. The number of hydrogen-bond donors (Lipinski definition) is 1. The monoisotopic (exact) mass is 370 g/mol. The Labute approximate surface area is 156 Å². The molecule has 26 heavy (non-hydrogen) atoms. The van der Waals surface area contributed by atoms with Gasteiger partial charge >= 0.3 is 5.63 Å². The van der Waals surface area contributed by atoms with Crippen molar-refractivity contribution >= 4 is 27.5 Å². The van der Waals surface area contributed by atoms with Gasteiger partial charge in [-0.3, -0.25) is 4.79 Å². The van der Waals surface area contributed by atoms with Gasteiger partial charge in [-0.2, -0.15) is 0 Å². The van der Waals surface area contributed by atoms with Gasteiger partial charge in [0.15, 0.2) is 0 Å². The van der Waals surface area contributed by atoms with Crippen molar-refractivity contribution in [1.82, 2.24) is 10.3 Å². The second kappa shape index (κ2) is 7.83. The summed E-state index contributed by atoms with van der Waals surface area (Å²) < 4.78 is 6.45. The van der Waals surface area contributed by atoms with Crippen molar-refractivity contribution in [3.05, 3.63) is 62.6 Å². The number of hydrogen-bond acceptors (Lipinski definition) is 5. The van der Waals surface area contributed by atoms with Crippen LogP contribution < -0.4 is 10.9 Å². The Morgan fingerprint density at radius 1 is 1.38 bits per heavy atom. The number of aryl methyl sites for hydroxylation is 1. The number of nitrogens with one attached hydrogen (secondary N) is 1. The van der Waals surface area contributed by atoms with Crippen molar-refractivity contribution < 1.29 is 9.21 Å². The van der Waals surface area contributed by atoms with Crippen molar-refractivity contribution in [3.63, 3.8) is 0 Å². The number of rotatable bonds is 6. The van der Waals surface area contributed by atoms with Gasteiger partial charge in [-0.25, -0.2) is 9.78 Å². The number of thiazole rings is 1. The molecule has 0 aliphatic heterocycles. The van der Waals surface area contributed by atoms with Crippen LogP contribution in [0.3, 0.4) is 0 Å². The lowest BCUT2D eigenvalue weighted by Gasteiger charge is -2.12. The standard InChI is InChI=1S/C20H22N2O3S/c1-4-6-12(2)16-9-13(3)17(20(24)25-16)19(23)21-10-14-7-5-8-15-18(14)26-11-22-15/h5,7-9,11-12H,4,6,10H2,1-3H3,(H,21,23). The van der Waals surface area contributed by atoms with E-state index in [0.717, 1.165) is 28.6 Å². The quantitative estimate of drug-likeness (QED) is 0.698. The first-order chi connectivity index (χ1) is 12.5. The van der Waals surface area contributed by atoms with Gasteiger partial charge in [0, 0.05) is 12.5 Å². The SMILES string of the molecule is CCCC(C)c1cc(C)c(C(=O)NCc2cccc3ncsc23)c(=O)o1. The van der Waals surface area contributed by atoms with Gasteiger partial charge < -0.3 is 9.73 Å². The summed E-state index contributed by atoms with van der Waals surface area (Å²) in [6.07, 6.45) is 1.95. The van der Waals surface area contributed by atoms with E-state index in [2.05, 4.69) is 17.2 Å². The summed E-state index contributed by atoms with van der Waals surface area (Å²) in [5.41, 5.74) is 3.82. The molecule has 0 aliphatic carbocycles. The zero-order valence-corrected chi connectivity index (χ0v) is 16.0. The molecule has 1 amide bonds. The van der Waals surface area contributed by atoms with E-state index >= 15 is 0 Å². The number of aromatic nitrogens is 1. The number of amides is 1. The molecule has 1 N–H and O–H groups in total. The Balaban J connectivity index is 1.80. The van der Waals surface area contributed by atoms with Crippen LogP contribution in [0.25, 0.3) is 10.2 Å². The first kappa shape index (κ1) is 18.3. The van der Waals surface area contributed by atoms with E-state index in [9.17, 15) is 9.59 Å². The zero-order valence-electron chi connectivity index (χ0n) is 15.2. The van der Waals surface area contributed by atoms with Crippen LogP contribution in [0.2, 0.25) is 0 Å². The summed E-state index contributed by atoms with van der Waals surface area (Å²) in [6, 6.07) is 7.60. The third-order valence-corrected chi connectivity index (χ3v) is 5.40. The summed E-state index contributed by atoms with van der Waals surface area (Å²) in [5, 5.41) is 2.83. The lowest BCUT2D eigenvalue weighted by atomic mass is 10.0. The molecule has 0 spiro atoms. The number of carbonyl (C=O) groups is 1. The molecule has 5 nitrogen and oxygen atoms in total. The maximum atomic E-state index is 12.6. The fourth-order valence-corrected chi connectivity index (χ4v) is 3.88. The van der Waals surface area contributed by atoms with Gasteiger partial charge in [0.05, 0.1) is 15.7 Å². The molecular weight excluding hydrogens is 348 g/mol. The van der Waals surface area contributed by atoms with Crippen molar-refractivity contribution in [2.24, 2.45) is 0 Å². The van der Waals surface area contributed by atoms with Gasteiger partial charge in [0.1, 0.15) is 11.3 Å². The van der Waals surface area contributed by atoms with E-state index in [4.69, 9.17) is 4.42 Å². The Kier molecular flexibility index (Phi) is 5.52. The van der Waals surface area contributed by atoms with Crippen molar-refractivity contribution in [2.45, 2.75) is 46.1 Å². The molecular formula is C20H22N2O3S. The second-order valence-corrected chi connectivity index (χ2v) is 7.34. The van der Waals surface area contributed by atoms with Crippen LogP contribution in [0.15, 0.2) is 39.0 Å². The number of nitrogens with zero attached hydrogens (tertiary/aromatic N) is 1. The molecule has 1 atom stereocenters. The first-order valence-corrected chi connectivity index (χ1v) is 9.63. The number of fused-ring (bicyclic) bond motifs is 1. The minimum absolute atomic E-state index is 0.0777. The summed E-state index contributed by atoms with van der Waals surface area (Å²) in [5.74, 6) is 0.389. The second-order valence-electron chi connectivity index (χ2n) is 6.48. The minimum atomic E-state index is -0.573. The summed E-state index contributed by atoms with van der Waals surface area (Å²) >= 11 is 1.53. The molecule has 0 fully saturated rings. The van der Waals surface area contributed by atoms with E-state index in [1.54, 1.807) is 18.5 Å². The third kappa shape index (κ3) is 3.70. The highest BCUT2D eigenvalue weighted by Crippen LogP contribution is 2.23. The lowest BCUT2D eigenvalue weighted by molar-refractivity contribution is 0.0946. The Morgan fingerprint density at radius 3 is 2.92 bits per heavy atom. The van der Waals surface area contributed by atoms with Crippen molar-refractivity contribution in [3.8, 4) is 0 Å². The lowest BCUT2D eigenvalue weighted by Crippen LogP contribution is -2.29. The average molecular weight is 370 g/mol. The van der Waals surface area contributed by atoms with Gasteiger partial charge in [-0.05, 0) is 36.6 Å². The highest BCUT2D eigenvalue weighted by Gasteiger charge is 2.19. The molecule has 0 saturated carbocycles. The van der Waals surface area contributed by atoms with Crippen LogP contribution in [0.5, 0.6) is 0 Å². The normalized spacial score (nSPS) is 12.3. The van der Waals surface area contributed by atoms with E-state index in [0.29, 0.717) is 17.9 Å². The fourth-order valence-electron chi connectivity index (χ4n) is 3.07. The summed E-state index contributed by atoms with van der Waals surface area (Å²) in [6.45, 7) is 6.23. The molecule has 0 radical (unpaired) electrons. The molecule has 3 rings (SSSR count). The number of carbonyl (C=O) groups excluding carboxylic acids is 1. The third-order valence-electron chi connectivity index (χ3n) is 4.48. The molecule has 2 aromatic heterocycles. The first-order valence-electron chi connectivity index (χ1n) is 8.75. The van der Waals surface area contributed by atoms with Crippen LogP contribution in [0.1, 0.15) is 59.9 Å². The smallest absolute Gasteiger partial charge is 0.349 e. The van der Waals surface area contributed by atoms with Crippen molar-refractivity contribution in [2.75, 3.05) is 0 Å². The highest BCUT2D eigenvalue weighted by atomic mass is 32.1. The molecule has 1 unspecified atom stereocenters. The topological polar surface area (TPSA) is 72.2 Å². The molecule has 2 heterocycles. The predicted molar refractivity (Wildman–Crippen MR) is 104 cm³/mol. The number of benzene rings is 1. The Morgan fingerprint density at radius 2 is 2.19 bits per heavy atom. The Bertz CT molecular complexity index is 990. The van der Waals surface area contributed by atoms with E-state index in [1.165, 1.54) is 11.3 Å². The minimum Gasteiger partial charge on any atom is -0.427 e. The average Bonchev–Trinajstić information content (AvgIpc) is 3.08. The maximum absolute atomic E-state index is 12.6. The van der Waals surface area contributed by atoms with Gasteiger partial charge in [0.2, 0.25) is 0 Å². The zero-order chi connectivity index (χ0) is 18.7. The van der Waals surface area contributed by atoms with Crippen LogP contribution in [0, 0.1) is 6.92 Å². The molecule has 1 aromatic carbocycles. The van der Waals surface area contributed by atoms with Crippen molar-refractivity contribution in [1.29, 1.82) is 0 Å². The van der Waals surface area contributed by atoms with E-state index in [1.807, 2.05) is 25.1 Å². The molecule has 0 aliphatic rings. The highest BCUT2D eigenvalue weighted by molar-refractivity contribution is 7.16. The van der Waals surface area contributed by atoms with Crippen LogP contribution >= 0.6 is 11.3 Å². The van der Waals surface area contributed by atoms with E-state index < -0.39 is 11.5 Å². The van der Waals surface area contributed by atoms with Gasteiger partial charge in [-0.15, -0.1) is 11.3 Å². The van der Waals surface area contributed by atoms with Gasteiger partial charge in [-0.1, -0.05) is 32.4 Å². The Hall–Kier alpha value is -2.47. The maximum Gasteiger partial charge on any atom is 0.349 e. The molecule has 6 heteroatoms. The largest absolute Gasteiger partial charge is 0.427 e. The van der Waals surface area contributed by atoms with Crippen LogP contribution in [0.4, 0.5) is 0 Å². The van der Waals surface area contributed by atoms with Gasteiger partial charge in [0.25, 0.3) is 5.91 Å². The predicted octanol–water partition coefficient (Wildman–Crippen LogP) is 4.39.